The van der Waals surface area contributed by atoms with Crippen molar-refractivity contribution in [1.82, 2.24) is 14.4 Å². The molecule has 0 saturated carbocycles. The quantitative estimate of drug-likeness (QED) is 0.454. The molecular weight excluding hydrogens is 454 g/mol. The zero-order valence-electron chi connectivity index (χ0n) is 18.7. The summed E-state index contributed by atoms with van der Waals surface area (Å²) >= 11 is 1.62. The molecule has 7 nitrogen and oxygen atoms in total. The molecule has 3 aromatic rings. The van der Waals surface area contributed by atoms with Crippen molar-refractivity contribution in [2.24, 2.45) is 5.84 Å². The smallest absolute Gasteiger partial charge is 0.278 e. The summed E-state index contributed by atoms with van der Waals surface area (Å²) in [7, 11) is -1.78. The minimum absolute atomic E-state index is 0.166. The Hall–Kier alpha value is -2.72. The highest BCUT2D eigenvalue weighted by atomic mass is 32.2. The van der Waals surface area contributed by atoms with Crippen molar-refractivity contribution in [3.8, 4) is 0 Å². The third kappa shape index (κ3) is 4.06. The van der Waals surface area contributed by atoms with Crippen LogP contribution in [0, 0.1) is 6.92 Å². The second-order valence-electron chi connectivity index (χ2n) is 8.42. The van der Waals surface area contributed by atoms with E-state index >= 15 is 0 Å². The van der Waals surface area contributed by atoms with E-state index in [2.05, 4.69) is 29.0 Å². The number of nitrogens with two attached hydrogens (primary N) is 1. The van der Waals surface area contributed by atoms with Gasteiger partial charge in [-0.3, -0.25) is 4.57 Å². The van der Waals surface area contributed by atoms with E-state index in [0.29, 0.717) is 5.82 Å². The molecule has 172 valence electrons. The van der Waals surface area contributed by atoms with E-state index in [0.717, 1.165) is 57.3 Å². The Balaban J connectivity index is 1.60. The number of anilines is 1. The molecule has 0 aliphatic carbocycles. The first-order chi connectivity index (χ1) is 15.8. The maximum Gasteiger partial charge on any atom is 0.278 e. The van der Waals surface area contributed by atoms with Gasteiger partial charge in [0.1, 0.15) is 5.82 Å². The lowest BCUT2D eigenvalue weighted by atomic mass is 10.1. The number of aromatic nitrogens is 1. The third-order valence-corrected chi connectivity index (χ3v) is 8.83. The summed E-state index contributed by atoms with van der Waals surface area (Å²) in [5.74, 6) is 6.68. The van der Waals surface area contributed by atoms with Gasteiger partial charge < -0.3 is 9.80 Å². The van der Waals surface area contributed by atoms with Gasteiger partial charge >= 0.3 is 0 Å². The molecule has 2 aliphatic rings. The zero-order chi connectivity index (χ0) is 23.2. The molecular formula is C24H27N5O2S2. The van der Waals surface area contributed by atoms with E-state index in [1.54, 1.807) is 42.1 Å². The molecule has 2 N–H and O–H groups in total. The van der Waals surface area contributed by atoms with Gasteiger partial charge in [-0.25, -0.2) is 5.84 Å². The molecule has 33 heavy (non-hydrogen) atoms. The molecule has 0 radical (unpaired) electrons. The lowest BCUT2D eigenvalue weighted by Gasteiger charge is -2.36. The number of hydrazine groups is 1. The number of benzene rings is 2. The SMILES string of the molecule is Cc1ccc(S(=O)(=O)N(N)c2ccc3n2C=C(N2CCN(C)CC2)c2ccccc2S3)cc1. The van der Waals surface area contributed by atoms with Gasteiger partial charge in [0.15, 0.2) is 0 Å². The standard InChI is InChI=1S/C24H27N5O2S2/c1-18-7-9-19(10-8-18)33(30,31)29(25)23-11-12-24-28(23)17-21(27-15-13-26(2)14-16-27)20-5-3-4-6-22(20)32-24/h3-12,17H,13-16,25H2,1-2H3. The van der Waals surface area contributed by atoms with Crippen LogP contribution in [-0.2, 0) is 10.0 Å². The van der Waals surface area contributed by atoms with Crippen LogP contribution in [0.1, 0.15) is 11.1 Å². The fourth-order valence-electron chi connectivity index (χ4n) is 4.13. The van der Waals surface area contributed by atoms with Crippen LogP contribution >= 0.6 is 11.8 Å². The predicted molar refractivity (Wildman–Crippen MR) is 133 cm³/mol. The van der Waals surface area contributed by atoms with Gasteiger partial charge in [-0.15, -0.1) is 0 Å². The summed E-state index contributed by atoms with van der Waals surface area (Å²) in [4.78, 5) is 5.99. The fourth-order valence-corrected chi connectivity index (χ4v) is 6.27. The first kappa shape index (κ1) is 22.1. The van der Waals surface area contributed by atoms with E-state index in [1.165, 1.54) is 0 Å². The van der Waals surface area contributed by atoms with E-state index in [4.69, 9.17) is 5.84 Å². The monoisotopic (exact) mass is 481 g/mol. The van der Waals surface area contributed by atoms with E-state index in [9.17, 15) is 8.42 Å². The molecule has 0 unspecified atom stereocenters. The number of rotatable bonds is 4. The highest BCUT2D eigenvalue weighted by molar-refractivity contribution is 7.99. The van der Waals surface area contributed by atoms with Gasteiger partial charge in [-0.1, -0.05) is 47.7 Å². The lowest BCUT2D eigenvalue weighted by Crippen LogP contribution is -2.43. The van der Waals surface area contributed by atoms with Crippen molar-refractivity contribution in [1.29, 1.82) is 0 Å². The minimum atomic E-state index is -3.91. The highest BCUT2D eigenvalue weighted by Gasteiger charge is 2.28. The number of hydrogen-bond acceptors (Lipinski definition) is 6. The number of piperazine rings is 1. The fraction of sp³-hybridized carbons (Fsp3) is 0.250. The average molecular weight is 482 g/mol. The molecule has 1 fully saturated rings. The summed E-state index contributed by atoms with van der Waals surface area (Å²) < 4.78 is 29.4. The largest absolute Gasteiger partial charge is 0.367 e. The molecule has 2 aromatic carbocycles. The number of hydrogen-bond donors (Lipinski definition) is 1. The number of likely N-dealkylation sites (N-methyl/N-ethyl adjacent to an activating group) is 1. The number of sulfonamides is 1. The van der Waals surface area contributed by atoms with Crippen LogP contribution in [0.25, 0.3) is 11.9 Å². The maximum absolute atomic E-state index is 13.3. The maximum atomic E-state index is 13.3. The molecule has 9 heteroatoms. The summed E-state index contributed by atoms with van der Waals surface area (Å²) in [6.07, 6.45) is 2.03. The summed E-state index contributed by atoms with van der Waals surface area (Å²) in [6, 6.07) is 18.7. The topological polar surface area (TPSA) is 74.8 Å². The van der Waals surface area contributed by atoms with Crippen LogP contribution < -0.4 is 10.3 Å². The number of aryl methyl sites for hydroxylation is 1. The summed E-state index contributed by atoms with van der Waals surface area (Å²) in [6.45, 7) is 5.68. The predicted octanol–water partition coefficient (Wildman–Crippen LogP) is 3.53. The lowest BCUT2D eigenvalue weighted by molar-refractivity contribution is 0.207. The van der Waals surface area contributed by atoms with Gasteiger partial charge in [0.25, 0.3) is 10.0 Å². The Kier molecular flexibility index (Phi) is 5.74. The average Bonchev–Trinajstić information content (AvgIpc) is 3.12. The first-order valence-corrected chi connectivity index (χ1v) is 13.1. The Morgan fingerprint density at radius 3 is 2.36 bits per heavy atom. The molecule has 0 spiro atoms. The van der Waals surface area contributed by atoms with Crippen LogP contribution in [0.5, 0.6) is 0 Å². The Morgan fingerprint density at radius 1 is 0.939 bits per heavy atom. The Bertz CT molecular complexity index is 1310. The second-order valence-corrected chi connectivity index (χ2v) is 11.3. The highest BCUT2D eigenvalue weighted by Crippen LogP contribution is 2.41. The molecule has 1 aromatic heterocycles. The van der Waals surface area contributed by atoms with Crippen LogP contribution in [0.4, 0.5) is 5.82 Å². The van der Waals surface area contributed by atoms with Gasteiger partial charge in [-0.2, -0.15) is 12.8 Å². The molecule has 5 rings (SSSR count). The van der Waals surface area contributed by atoms with E-state index in [1.807, 2.05) is 35.9 Å². The van der Waals surface area contributed by atoms with Crippen molar-refractivity contribution >= 4 is 39.5 Å². The third-order valence-electron chi connectivity index (χ3n) is 6.14. The van der Waals surface area contributed by atoms with Gasteiger partial charge in [0, 0.05) is 42.8 Å². The molecule has 3 heterocycles. The van der Waals surface area contributed by atoms with Crippen LogP contribution in [0.15, 0.2) is 75.5 Å². The Labute approximate surface area is 199 Å². The Morgan fingerprint density at radius 2 is 1.64 bits per heavy atom. The minimum Gasteiger partial charge on any atom is -0.367 e. The number of nitrogens with zero attached hydrogens (tertiary/aromatic N) is 4. The van der Waals surface area contributed by atoms with Gasteiger partial charge in [0.05, 0.1) is 15.6 Å². The van der Waals surface area contributed by atoms with E-state index in [-0.39, 0.29) is 4.90 Å². The molecule has 0 bridgehead atoms. The van der Waals surface area contributed by atoms with Gasteiger partial charge in [0.2, 0.25) is 0 Å². The van der Waals surface area contributed by atoms with E-state index < -0.39 is 10.0 Å². The summed E-state index contributed by atoms with van der Waals surface area (Å²) in [5, 5.41) is 0.913. The molecule has 2 aliphatic heterocycles. The van der Waals surface area contributed by atoms with Crippen molar-refractivity contribution < 1.29 is 8.42 Å². The normalized spacial score (nSPS) is 16.6. The van der Waals surface area contributed by atoms with Crippen LogP contribution in [0.3, 0.4) is 0 Å². The molecule has 0 amide bonds. The van der Waals surface area contributed by atoms with Crippen molar-refractivity contribution in [2.45, 2.75) is 21.7 Å². The zero-order valence-corrected chi connectivity index (χ0v) is 20.3. The number of fused-ring (bicyclic) bond motifs is 2. The van der Waals surface area contributed by atoms with Crippen LogP contribution in [0.2, 0.25) is 0 Å². The van der Waals surface area contributed by atoms with Crippen molar-refractivity contribution in [3.05, 3.63) is 71.8 Å². The van der Waals surface area contributed by atoms with Crippen molar-refractivity contribution in [2.75, 3.05) is 37.6 Å². The molecule has 1 saturated heterocycles. The molecule has 0 atom stereocenters. The first-order valence-electron chi connectivity index (χ1n) is 10.8. The van der Waals surface area contributed by atoms with Crippen LogP contribution in [-0.4, -0.2) is 56.0 Å². The van der Waals surface area contributed by atoms with Gasteiger partial charge in [-0.05, 0) is 44.3 Å². The summed E-state index contributed by atoms with van der Waals surface area (Å²) in [5.41, 5.74) is 3.21. The van der Waals surface area contributed by atoms with Crippen molar-refractivity contribution in [3.63, 3.8) is 0 Å². The second kappa shape index (κ2) is 8.57.